The minimum absolute atomic E-state index is 0.0271. The predicted molar refractivity (Wildman–Crippen MR) is 82.9 cm³/mol. The first-order chi connectivity index (χ1) is 10.1. The van der Waals surface area contributed by atoms with Crippen LogP contribution in [-0.4, -0.2) is 11.8 Å². The standard InChI is InChI=1S/C18H21NO2/c1-3-4-13-6-8-14(9-7-13)19-17(20)15-10-5-12(2)11-16(15)18(19)21/h5-9,15-16H,3-4,10-11H2,1-2H3/t15-,16+/m0/s1. The van der Waals surface area contributed by atoms with Gasteiger partial charge in [0.1, 0.15) is 0 Å². The Hall–Kier alpha value is -1.90. The molecular weight excluding hydrogens is 262 g/mol. The molecule has 2 atom stereocenters. The molecule has 3 nitrogen and oxygen atoms in total. The molecule has 0 bridgehead atoms. The van der Waals surface area contributed by atoms with Crippen molar-refractivity contribution in [1.29, 1.82) is 0 Å². The first-order valence-corrected chi connectivity index (χ1v) is 7.74. The Kier molecular flexibility index (Phi) is 3.66. The van der Waals surface area contributed by atoms with E-state index in [0.717, 1.165) is 24.9 Å². The highest BCUT2D eigenvalue weighted by molar-refractivity contribution is 6.22. The van der Waals surface area contributed by atoms with Crippen molar-refractivity contribution in [1.82, 2.24) is 0 Å². The number of imide groups is 1. The van der Waals surface area contributed by atoms with Crippen LogP contribution in [0.5, 0.6) is 0 Å². The van der Waals surface area contributed by atoms with Crippen molar-refractivity contribution in [2.75, 3.05) is 4.90 Å². The van der Waals surface area contributed by atoms with Crippen molar-refractivity contribution in [3.05, 3.63) is 41.5 Å². The molecule has 0 unspecified atom stereocenters. The molecule has 0 N–H and O–H groups in total. The summed E-state index contributed by atoms with van der Waals surface area (Å²) in [5.41, 5.74) is 3.18. The average molecular weight is 283 g/mol. The second-order valence-corrected chi connectivity index (χ2v) is 6.13. The van der Waals surface area contributed by atoms with Crippen LogP contribution in [0.25, 0.3) is 0 Å². The van der Waals surface area contributed by atoms with Crippen LogP contribution in [0.3, 0.4) is 0 Å². The van der Waals surface area contributed by atoms with E-state index in [2.05, 4.69) is 13.0 Å². The molecule has 0 spiro atoms. The van der Waals surface area contributed by atoms with E-state index >= 15 is 0 Å². The van der Waals surface area contributed by atoms with Crippen molar-refractivity contribution < 1.29 is 9.59 Å². The summed E-state index contributed by atoms with van der Waals surface area (Å²) in [5, 5.41) is 0. The molecule has 3 heteroatoms. The summed E-state index contributed by atoms with van der Waals surface area (Å²) >= 11 is 0. The lowest BCUT2D eigenvalue weighted by Gasteiger charge is -2.18. The first-order valence-electron chi connectivity index (χ1n) is 7.74. The topological polar surface area (TPSA) is 37.4 Å². The molecule has 3 rings (SSSR count). The SMILES string of the molecule is CCCc1ccc(N2C(=O)[C@H]3CC=C(C)C[C@H]3C2=O)cc1. The van der Waals surface area contributed by atoms with Crippen LogP contribution in [-0.2, 0) is 16.0 Å². The van der Waals surface area contributed by atoms with Crippen LogP contribution in [0.15, 0.2) is 35.9 Å². The van der Waals surface area contributed by atoms with Gasteiger partial charge >= 0.3 is 0 Å². The molecule has 2 amide bonds. The zero-order valence-corrected chi connectivity index (χ0v) is 12.6. The van der Waals surface area contributed by atoms with Gasteiger partial charge in [-0.3, -0.25) is 14.5 Å². The summed E-state index contributed by atoms with van der Waals surface area (Å²) in [6.45, 7) is 4.18. The van der Waals surface area contributed by atoms with Crippen LogP contribution in [0.4, 0.5) is 5.69 Å². The average Bonchev–Trinajstić information content (AvgIpc) is 2.72. The van der Waals surface area contributed by atoms with E-state index in [0.29, 0.717) is 6.42 Å². The van der Waals surface area contributed by atoms with E-state index in [9.17, 15) is 9.59 Å². The number of amides is 2. The number of fused-ring (bicyclic) bond motifs is 1. The number of carbonyl (C=O) groups excluding carboxylic acids is 2. The Balaban J connectivity index is 1.86. The number of rotatable bonds is 3. The summed E-state index contributed by atoms with van der Waals surface area (Å²) in [6.07, 6.45) is 5.64. The molecule has 1 fully saturated rings. The third-order valence-corrected chi connectivity index (χ3v) is 4.56. The third kappa shape index (κ3) is 2.41. The number of hydrogen-bond donors (Lipinski definition) is 0. The summed E-state index contributed by atoms with van der Waals surface area (Å²) in [5.74, 6) is -0.369. The lowest BCUT2D eigenvalue weighted by atomic mass is 9.82. The highest BCUT2D eigenvalue weighted by atomic mass is 16.2. The van der Waals surface area contributed by atoms with Crippen molar-refractivity contribution >= 4 is 17.5 Å². The molecule has 1 aromatic rings. The largest absolute Gasteiger partial charge is 0.274 e. The smallest absolute Gasteiger partial charge is 0.238 e. The molecule has 1 aromatic carbocycles. The Bertz CT molecular complexity index is 600. The molecule has 0 radical (unpaired) electrons. The van der Waals surface area contributed by atoms with Crippen molar-refractivity contribution in [2.45, 2.75) is 39.5 Å². The van der Waals surface area contributed by atoms with Gasteiger partial charge < -0.3 is 0 Å². The van der Waals surface area contributed by atoms with Crippen LogP contribution in [0.2, 0.25) is 0 Å². The normalized spacial score (nSPS) is 25.0. The van der Waals surface area contributed by atoms with Gasteiger partial charge in [-0.05, 0) is 43.9 Å². The van der Waals surface area contributed by atoms with Gasteiger partial charge in [-0.15, -0.1) is 0 Å². The van der Waals surface area contributed by atoms with Crippen LogP contribution >= 0.6 is 0 Å². The zero-order valence-electron chi connectivity index (χ0n) is 12.6. The predicted octanol–water partition coefficient (Wildman–Crippen LogP) is 3.48. The number of allylic oxidation sites excluding steroid dienone is 2. The number of nitrogens with zero attached hydrogens (tertiary/aromatic N) is 1. The molecule has 2 aliphatic rings. The number of aryl methyl sites for hydroxylation is 1. The van der Waals surface area contributed by atoms with Crippen LogP contribution in [0.1, 0.15) is 38.7 Å². The summed E-state index contributed by atoms with van der Waals surface area (Å²) < 4.78 is 0. The molecule has 21 heavy (non-hydrogen) atoms. The fraction of sp³-hybridized carbons (Fsp3) is 0.444. The summed E-state index contributed by atoms with van der Waals surface area (Å²) in [7, 11) is 0. The van der Waals surface area contributed by atoms with Gasteiger partial charge in [0.15, 0.2) is 0 Å². The molecule has 0 saturated carbocycles. The maximum atomic E-state index is 12.6. The Morgan fingerprint density at radius 1 is 1.10 bits per heavy atom. The van der Waals surface area contributed by atoms with E-state index in [-0.39, 0.29) is 23.7 Å². The van der Waals surface area contributed by atoms with Gasteiger partial charge in [0.2, 0.25) is 11.8 Å². The van der Waals surface area contributed by atoms with Gasteiger partial charge in [-0.25, -0.2) is 0 Å². The first kappa shape index (κ1) is 14.1. The van der Waals surface area contributed by atoms with Gasteiger partial charge in [0.25, 0.3) is 0 Å². The Morgan fingerprint density at radius 3 is 2.43 bits per heavy atom. The molecule has 1 aliphatic carbocycles. The van der Waals surface area contributed by atoms with Crippen molar-refractivity contribution in [2.24, 2.45) is 11.8 Å². The van der Waals surface area contributed by atoms with Crippen molar-refractivity contribution in [3.63, 3.8) is 0 Å². The lowest BCUT2D eigenvalue weighted by Crippen LogP contribution is -2.30. The summed E-state index contributed by atoms with van der Waals surface area (Å²) in [6, 6.07) is 7.84. The molecule has 0 aromatic heterocycles. The van der Waals surface area contributed by atoms with Crippen LogP contribution < -0.4 is 4.90 Å². The number of carbonyl (C=O) groups is 2. The van der Waals surface area contributed by atoms with Gasteiger partial charge in [0, 0.05) is 0 Å². The van der Waals surface area contributed by atoms with E-state index in [1.807, 2.05) is 31.2 Å². The van der Waals surface area contributed by atoms with E-state index in [4.69, 9.17) is 0 Å². The Labute approximate surface area is 125 Å². The Morgan fingerprint density at radius 2 is 1.76 bits per heavy atom. The fourth-order valence-corrected chi connectivity index (χ4v) is 3.39. The van der Waals surface area contributed by atoms with Gasteiger partial charge in [0.05, 0.1) is 17.5 Å². The molecule has 1 aliphatic heterocycles. The molecule has 1 heterocycles. The number of anilines is 1. The zero-order chi connectivity index (χ0) is 15.0. The quantitative estimate of drug-likeness (QED) is 0.629. The maximum Gasteiger partial charge on any atom is 0.238 e. The second-order valence-electron chi connectivity index (χ2n) is 6.13. The number of hydrogen-bond acceptors (Lipinski definition) is 2. The van der Waals surface area contributed by atoms with E-state index in [1.54, 1.807) is 0 Å². The van der Waals surface area contributed by atoms with Gasteiger partial charge in [-0.2, -0.15) is 0 Å². The minimum atomic E-state index is -0.156. The highest BCUT2D eigenvalue weighted by Crippen LogP contribution is 2.39. The van der Waals surface area contributed by atoms with E-state index < -0.39 is 0 Å². The summed E-state index contributed by atoms with van der Waals surface area (Å²) in [4.78, 5) is 26.5. The molecule has 1 saturated heterocycles. The molecular formula is C18H21NO2. The second kappa shape index (κ2) is 5.47. The van der Waals surface area contributed by atoms with Crippen LogP contribution in [0, 0.1) is 11.8 Å². The maximum absolute atomic E-state index is 12.6. The fourth-order valence-electron chi connectivity index (χ4n) is 3.39. The third-order valence-electron chi connectivity index (χ3n) is 4.56. The van der Waals surface area contributed by atoms with Crippen molar-refractivity contribution in [3.8, 4) is 0 Å². The van der Waals surface area contributed by atoms with Gasteiger partial charge in [-0.1, -0.05) is 37.1 Å². The number of benzene rings is 1. The molecule has 110 valence electrons. The lowest BCUT2D eigenvalue weighted by molar-refractivity contribution is -0.122. The minimum Gasteiger partial charge on any atom is -0.274 e. The highest BCUT2D eigenvalue weighted by Gasteiger charge is 2.48. The van der Waals surface area contributed by atoms with E-state index in [1.165, 1.54) is 16.0 Å². The monoisotopic (exact) mass is 283 g/mol.